The van der Waals surface area contributed by atoms with Gasteiger partial charge in [0, 0.05) is 5.56 Å². The third kappa shape index (κ3) is 1.76. The first-order chi connectivity index (χ1) is 7.18. The van der Waals surface area contributed by atoms with Gasteiger partial charge in [0.25, 0.3) is 0 Å². The Labute approximate surface area is 87.0 Å². The maximum Gasteiger partial charge on any atom is 0.335 e. The lowest BCUT2D eigenvalue weighted by atomic mass is 10.0. The van der Waals surface area contributed by atoms with E-state index in [0.717, 1.165) is 16.9 Å². The molecule has 15 heavy (non-hydrogen) atoms. The van der Waals surface area contributed by atoms with Gasteiger partial charge in [-0.1, -0.05) is 6.07 Å². The number of carbonyl (C=O) groups is 1. The van der Waals surface area contributed by atoms with Crippen molar-refractivity contribution in [1.82, 2.24) is 0 Å². The fraction of sp³-hybridized carbons (Fsp3) is 0.0833. The second kappa shape index (κ2) is 3.61. The van der Waals surface area contributed by atoms with Crippen molar-refractivity contribution in [2.24, 2.45) is 0 Å². The van der Waals surface area contributed by atoms with E-state index < -0.39 is 5.97 Å². The molecule has 0 unspecified atom stereocenters. The first kappa shape index (κ1) is 9.52. The standard InChI is InChI=1S/C12H10O3/c1-8-7-9(11-3-2-6-15-11)4-5-10(8)12(13)14/h2-7H,1H3,(H,13,14). The predicted octanol–water partition coefficient (Wildman–Crippen LogP) is 2.95. The Kier molecular flexibility index (Phi) is 2.29. The third-order valence-corrected chi connectivity index (χ3v) is 2.26. The number of furan rings is 1. The number of benzene rings is 1. The average molecular weight is 202 g/mol. The zero-order valence-electron chi connectivity index (χ0n) is 8.23. The van der Waals surface area contributed by atoms with E-state index in [1.54, 1.807) is 31.4 Å². The molecule has 0 aliphatic rings. The molecule has 0 aliphatic heterocycles. The summed E-state index contributed by atoms with van der Waals surface area (Å²) in [4.78, 5) is 10.8. The number of carboxylic acid groups (broad SMARTS) is 1. The summed E-state index contributed by atoms with van der Waals surface area (Å²) in [5, 5.41) is 8.86. The summed E-state index contributed by atoms with van der Waals surface area (Å²) >= 11 is 0. The van der Waals surface area contributed by atoms with Crippen molar-refractivity contribution in [2.45, 2.75) is 6.92 Å². The molecule has 0 atom stereocenters. The third-order valence-electron chi connectivity index (χ3n) is 2.26. The molecule has 0 fully saturated rings. The van der Waals surface area contributed by atoms with Crippen molar-refractivity contribution in [1.29, 1.82) is 0 Å². The molecule has 0 saturated carbocycles. The number of aryl methyl sites for hydroxylation is 1. The molecule has 0 radical (unpaired) electrons. The smallest absolute Gasteiger partial charge is 0.335 e. The molecule has 0 bridgehead atoms. The molecule has 1 N–H and O–H groups in total. The second-order valence-corrected chi connectivity index (χ2v) is 3.31. The summed E-state index contributed by atoms with van der Waals surface area (Å²) in [6.45, 7) is 1.77. The van der Waals surface area contributed by atoms with Crippen LogP contribution in [0.5, 0.6) is 0 Å². The van der Waals surface area contributed by atoms with Crippen LogP contribution in [-0.4, -0.2) is 11.1 Å². The summed E-state index contributed by atoms with van der Waals surface area (Å²) < 4.78 is 5.23. The summed E-state index contributed by atoms with van der Waals surface area (Å²) in [5.74, 6) is -0.159. The fourth-order valence-electron chi connectivity index (χ4n) is 1.50. The minimum atomic E-state index is -0.904. The Balaban J connectivity index is 2.47. The van der Waals surface area contributed by atoms with E-state index in [4.69, 9.17) is 9.52 Å². The molecule has 76 valence electrons. The Hall–Kier alpha value is -2.03. The van der Waals surface area contributed by atoms with Crippen molar-refractivity contribution >= 4 is 5.97 Å². The Morgan fingerprint density at radius 3 is 2.67 bits per heavy atom. The Bertz CT molecular complexity index is 484. The quantitative estimate of drug-likeness (QED) is 0.814. The van der Waals surface area contributed by atoms with Gasteiger partial charge in [-0.05, 0) is 36.8 Å². The highest BCUT2D eigenvalue weighted by Crippen LogP contribution is 2.22. The monoisotopic (exact) mass is 202 g/mol. The number of hydrogen-bond donors (Lipinski definition) is 1. The largest absolute Gasteiger partial charge is 0.478 e. The maximum atomic E-state index is 10.8. The van der Waals surface area contributed by atoms with Gasteiger partial charge < -0.3 is 9.52 Å². The van der Waals surface area contributed by atoms with Crippen molar-refractivity contribution in [3.05, 3.63) is 47.7 Å². The van der Waals surface area contributed by atoms with Crippen LogP contribution < -0.4 is 0 Å². The molecule has 1 heterocycles. The van der Waals surface area contributed by atoms with E-state index in [2.05, 4.69) is 0 Å². The van der Waals surface area contributed by atoms with Crippen LogP contribution in [-0.2, 0) is 0 Å². The van der Waals surface area contributed by atoms with Crippen molar-refractivity contribution in [3.8, 4) is 11.3 Å². The Morgan fingerprint density at radius 1 is 1.33 bits per heavy atom. The van der Waals surface area contributed by atoms with E-state index in [-0.39, 0.29) is 0 Å². The summed E-state index contributed by atoms with van der Waals surface area (Å²) in [6.07, 6.45) is 1.59. The van der Waals surface area contributed by atoms with E-state index in [1.165, 1.54) is 0 Å². The van der Waals surface area contributed by atoms with Crippen LogP contribution in [0.3, 0.4) is 0 Å². The van der Waals surface area contributed by atoms with Crippen LogP contribution in [0.15, 0.2) is 41.0 Å². The average Bonchev–Trinajstić information content (AvgIpc) is 2.69. The van der Waals surface area contributed by atoms with Gasteiger partial charge in [-0.3, -0.25) is 0 Å². The van der Waals surface area contributed by atoms with E-state index >= 15 is 0 Å². The van der Waals surface area contributed by atoms with Crippen molar-refractivity contribution in [2.75, 3.05) is 0 Å². The van der Waals surface area contributed by atoms with Gasteiger partial charge in [-0.2, -0.15) is 0 Å². The number of rotatable bonds is 2. The summed E-state index contributed by atoms with van der Waals surface area (Å²) in [5.41, 5.74) is 1.95. The van der Waals surface area contributed by atoms with Gasteiger partial charge in [0.2, 0.25) is 0 Å². The first-order valence-electron chi connectivity index (χ1n) is 4.56. The minimum absolute atomic E-state index is 0.324. The molecular weight excluding hydrogens is 192 g/mol. The molecule has 0 amide bonds. The first-order valence-corrected chi connectivity index (χ1v) is 4.56. The molecule has 2 rings (SSSR count). The van der Waals surface area contributed by atoms with Gasteiger partial charge in [-0.25, -0.2) is 4.79 Å². The van der Waals surface area contributed by atoms with Crippen LogP contribution in [0.25, 0.3) is 11.3 Å². The molecule has 0 saturated heterocycles. The fourth-order valence-corrected chi connectivity index (χ4v) is 1.50. The molecule has 2 aromatic rings. The van der Waals surface area contributed by atoms with Crippen LogP contribution in [0.4, 0.5) is 0 Å². The highest BCUT2D eigenvalue weighted by atomic mass is 16.4. The molecule has 1 aromatic carbocycles. The van der Waals surface area contributed by atoms with Gasteiger partial charge in [0.05, 0.1) is 11.8 Å². The summed E-state index contributed by atoms with van der Waals surface area (Å²) in [6, 6.07) is 8.79. The maximum absolute atomic E-state index is 10.8. The molecule has 1 aromatic heterocycles. The lowest BCUT2D eigenvalue weighted by Crippen LogP contribution is -1.99. The van der Waals surface area contributed by atoms with Gasteiger partial charge in [0.15, 0.2) is 0 Å². The molecular formula is C12H10O3. The van der Waals surface area contributed by atoms with Gasteiger partial charge in [0.1, 0.15) is 5.76 Å². The van der Waals surface area contributed by atoms with E-state index in [9.17, 15) is 4.79 Å². The predicted molar refractivity (Wildman–Crippen MR) is 55.8 cm³/mol. The lowest BCUT2D eigenvalue weighted by molar-refractivity contribution is 0.0696. The highest BCUT2D eigenvalue weighted by molar-refractivity contribution is 5.90. The van der Waals surface area contributed by atoms with Crippen LogP contribution in [0.2, 0.25) is 0 Å². The molecule has 3 heteroatoms. The molecule has 0 spiro atoms. The van der Waals surface area contributed by atoms with Crippen LogP contribution in [0.1, 0.15) is 15.9 Å². The number of hydrogen-bond acceptors (Lipinski definition) is 2. The Morgan fingerprint density at radius 2 is 2.13 bits per heavy atom. The van der Waals surface area contributed by atoms with Crippen LogP contribution >= 0.6 is 0 Å². The van der Waals surface area contributed by atoms with Crippen LogP contribution in [0, 0.1) is 6.92 Å². The number of aromatic carboxylic acids is 1. The highest BCUT2D eigenvalue weighted by Gasteiger charge is 2.08. The van der Waals surface area contributed by atoms with Gasteiger partial charge >= 0.3 is 5.97 Å². The van der Waals surface area contributed by atoms with E-state index in [0.29, 0.717) is 5.56 Å². The van der Waals surface area contributed by atoms with E-state index in [1.807, 2.05) is 12.1 Å². The summed E-state index contributed by atoms with van der Waals surface area (Å²) in [7, 11) is 0. The minimum Gasteiger partial charge on any atom is -0.478 e. The SMILES string of the molecule is Cc1cc(-c2ccco2)ccc1C(=O)O. The second-order valence-electron chi connectivity index (χ2n) is 3.31. The van der Waals surface area contributed by atoms with Gasteiger partial charge in [-0.15, -0.1) is 0 Å². The number of carboxylic acids is 1. The zero-order valence-corrected chi connectivity index (χ0v) is 8.23. The lowest BCUT2D eigenvalue weighted by Gasteiger charge is -2.02. The van der Waals surface area contributed by atoms with Crippen molar-refractivity contribution < 1.29 is 14.3 Å². The zero-order chi connectivity index (χ0) is 10.8. The van der Waals surface area contributed by atoms with Crippen molar-refractivity contribution in [3.63, 3.8) is 0 Å². The molecule has 0 aliphatic carbocycles. The normalized spacial score (nSPS) is 10.2. The topological polar surface area (TPSA) is 50.4 Å². The molecule has 3 nitrogen and oxygen atoms in total.